The monoisotopic (exact) mass is 211 g/mol. The zero-order valence-corrected chi connectivity index (χ0v) is 8.98. The van der Waals surface area contributed by atoms with Crippen LogP contribution in [0.15, 0.2) is 6.07 Å². The Bertz CT molecular complexity index is 401. The number of benzene rings is 1. The Morgan fingerprint density at radius 2 is 1.87 bits per heavy atom. The summed E-state index contributed by atoms with van der Waals surface area (Å²) in [5, 5.41) is 0. The number of hydrogen-bond acceptors (Lipinski definition) is 1. The number of nitrogens with two attached hydrogens (primary N) is 1. The van der Waals surface area contributed by atoms with Crippen molar-refractivity contribution in [1.29, 1.82) is 0 Å². The van der Waals surface area contributed by atoms with Crippen molar-refractivity contribution in [1.82, 2.24) is 0 Å². The molecule has 0 fully saturated rings. The van der Waals surface area contributed by atoms with Gasteiger partial charge in [-0.1, -0.05) is 6.92 Å². The number of halogens is 2. The molecule has 82 valence electrons. The van der Waals surface area contributed by atoms with Crippen molar-refractivity contribution in [2.45, 2.75) is 38.6 Å². The molecule has 3 heteroatoms. The van der Waals surface area contributed by atoms with Gasteiger partial charge in [-0.3, -0.25) is 0 Å². The van der Waals surface area contributed by atoms with Gasteiger partial charge in [-0.05, 0) is 42.4 Å². The van der Waals surface area contributed by atoms with Crippen LogP contribution in [0.4, 0.5) is 8.78 Å². The summed E-state index contributed by atoms with van der Waals surface area (Å²) in [6, 6.07) is 0.754. The Hall–Kier alpha value is -0.960. The van der Waals surface area contributed by atoms with Crippen LogP contribution in [0.25, 0.3) is 0 Å². The molecular formula is C12H15F2N. The predicted octanol–water partition coefficient (Wildman–Crippen LogP) is 3.17. The minimum absolute atomic E-state index is 0.138. The van der Waals surface area contributed by atoms with Gasteiger partial charge in [0.2, 0.25) is 0 Å². The molecule has 2 atom stereocenters. The third-order valence-corrected chi connectivity index (χ3v) is 3.34. The maximum Gasteiger partial charge on any atom is 0.129 e. The zero-order chi connectivity index (χ0) is 11.2. The summed E-state index contributed by atoms with van der Waals surface area (Å²) in [4.78, 5) is 0. The molecule has 1 unspecified atom stereocenters. The molecule has 1 aromatic rings. The Kier molecular flexibility index (Phi) is 2.51. The second-order valence-corrected chi connectivity index (χ2v) is 4.38. The Morgan fingerprint density at radius 3 is 2.53 bits per heavy atom. The lowest BCUT2D eigenvalue weighted by Gasteiger charge is -2.29. The summed E-state index contributed by atoms with van der Waals surface area (Å²) in [5.74, 6) is -0.800. The van der Waals surface area contributed by atoms with Gasteiger partial charge in [0.15, 0.2) is 0 Å². The van der Waals surface area contributed by atoms with Gasteiger partial charge in [0.1, 0.15) is 11.6 Å². The summed E-state index contributed by atoms with van der Waals surface area (Å²) in [6.07, 6.45) is 1.67. The largest absolute Gasteiger partial charge is 0.324 e. The fraction of sp³-hybridized carbons (Fsp3) is 0.500. The van der Waals surface area contributed by atoms with E-state index >= 15 is 0 Å². The number of fused-ring (bicyclic) bond motifs is 1. The van der Waals surface area contributed by atoms with Gasteiger partial charge in [0.25, 0.3) is 0 Å². The Morgan fingerprint density at radius 1 is 1.20 bits per heavy atom. The summed E-state index contributed by atoms with van der Waals surface area (Å²) < 4.78 is 27.0. The van der Waals surface area contributed by atoms with E-state index in [1.807, 2.05) is 6.92 Å². The van der Waals surface area contributed by atoms with Crippen LogP contribution in [0.1, 0.15) is 48.4 Å². The molecule has 0 aliphatic heterocycles. The van der Waals surface area contributed by atoms with E-state index in [2.05, 4.69) is 0 Å². The molecule has 2 rings (SSSR count). The lowest BCUT2D eigenvalue weighted by atomic mass is 9.79. The summed E-state index contributed by atoms with van der Waals surface area (Å²) in [6.45, 7) is 3.64. The molecule has 2 N–H and O–H groups in total. The van der Waals surface area contributed by atoms with E-state index in [0.29, 0.717) is 16.7 Å². The van der Waals surface area contributed by atoms with E-state index in [0.717, 1.165) is 18.9 Å². The topological polar surface area (TPSA) is 26.0 Å². The van der Waals surface area contributed by atoms with Crippen molar-refractivity contribution in [3.8, 4) is 0 Å². The average molecular weight is 211 g/mol. The van der Waals surface area contributed by atoms with Gasteiger partial charge < -0.3 is 5.73 Å². The van der Waals surface area contributed by atoms with Crippen molar-refractivity contribution in [2.75, 3.05) is 0 Å². The van der Waals surface area contributed by atoms with Crippen molar-refractivity contribution in [3.63, 3.8) is 0 Å². The van der Waals surface area contributed by atoms with Crippen LogP contribution >= 0.6 is 0 Å². The van der Waals surface area contributed by atoms with Gasteiger partial charge in [0, 0.05) is 12.1 Å². The highest BCUT2D eigenvalue weighted by molar-refractivity contribution is 5.42. The molecule has 0 saturated carbocycles. The molecule has 0 radical (unpaired) electrons. The van der Waals surface area contributed by atoms with Gasteiger partial charge in [0.05, 0.1) is 0 Å². The van der Waals surface area contributed by atoms with Gasteiger partial charge in [-0.2, -0.15) is 0 Å². The van der Waals surface area contributed by atoms with Crippen LogP contribution in [-0.2, 0) is 0 Å². The lowest BCUT2D eigenvalue weighted by Crippen LogP contribution is -2.22. The first-order valence-electron chi connectivity index (χ1n) is 5.26. The molecule has 1 aliphatic rings. The van der Waals surface area contributed by atoms with Crippen LogP contribution in [0.5, 0.6) is 0 Å². The Labute approximate surface area is 88.3 Å². The van der Waals surface area contributed by atoms with E-state index in [-0.39, 0.29) is 12.0 Å². The smallest absolute Gasteiger partial charge is 0.129 e. The average Bonchev–Trinajstić information content (AvgIpc) is 2.18. The third kappa shape index (κ3) is 1.55. The lowest BCUT2D eigenvalue weighted by molar-refractivity contribution is 0.469. The Balaban J connectivity index is 2.71. The highest BCUT2D eigenvalue weighted by atomic mass is 19.1. The SMILES string of the molecule is Cc1c(F)cc(F)c2c1[C@@H](N)CCC2C. The summed E-state index contributed by atoms with van der Waals surface area (Å²) >= 11 is 0. The highest BCUT2D eigenvalue weighted by Gasteiger charge is 2.28. The van der Waals surface area contributed by atoms with Crippen LogP contribution in [0, 0.1) is 18.6 Å². The maximum absolute atomic E-state index is 13.6. The molecule has 0 amide bonds. The molecule has 0 bridgehead atoms. The van der Waals surface area contributed by atoms with Crippen LogP contribution in [0.3, 0.4) is 0 Å². The third-order valence-electron chi connectivity index (χ3n) is 3.34. The molecule has 0 heterocycles. The number of hydrogen-bond donors (Lipinski definition) is 1. The minimum Gasteiger partial charge on any atom is -0.324 e. The van der Waals surface area contributed by atoms with Crippen molar-refractivity contribution in [3.05, 3.63) is 34.4 Å². The van der Waals surface area contributed by atoms with Crippen molar-refractivity contribution < 1.29 is 8.78 Å². The highest BCUT2D eigenvalue weighted by Crippen LogP contribution is 2.39. The minimum atomic E-state index is -0.490. The van der Waals surface area contributed by atoms with Crippen molar-refractivity contribution in [2.24, 2.45) is 5.73 Å². The number of rotatable bonds is 0. The second kappa shape index (κ2) is 3.56. The van der Waals surface area contributed by atoms with E-state index in [1.54, 1.807) is 6.92 Å². The van der Waals surface area contributed by atoms with E-state index < -0.39 is 11.6 Å². The van der Waals surface area contributed by atoms with Gasteiger partial charge >= 0.3 is 0 Å². The maximum atomic E-state index is 13.6. The van der Waals surface area contributed by atoms with Crippen LogP contribution in [-0.4, -0.2) is 0 Å². The van der Waals surface area contributed by atoms with Crippen LogP contribution in [0.2, 0.25) is 0 Å². The second-order valence-electron chi connectivity index (χ2n) is 4.38. The summed E-state index contributed by atoms with van der Waals surface area (Å²) in [7, 11) is 0. The molecular weight excluding hydrogens is 196 g/mol. The van der Waals surface area contributed by atoms with Crippen LogP contribution < -0.4 is 5.73 Å². The summed E-state index contributed by atoms with van der Waals surface area (Å²) in [5.41, 5.74) is 7.72. The van der Waals surface area contributed by atoms with Gasteiger partial charge in [-0.25, -0.2) is 8.78 Å². The molecule has 0 saturated heterocycles. The first kappa shape index (κ1) is 10.6. The molecule has 0 spiro atoms. The molecule has 15 heavy (non-hydrogen) atoms. The van der Waals surface area contributed by atoms with E-state index in [4.69, 9.17) is 5.73 Å². The molecule has 1 nitrogen and oxygen atoms in total. The fourth-order valence-electron chi connectivity index (χ4n) is 2.45. The van der Waals surface area contributed by atoms with E-state index in [1.165, 1.54) is 0 Å². The molecule has 1 aromatic carbocycles. The predicted molar refractivity (Wildman–Crippen MR) is 55.7 cm³/mol. The fourth-order valence-corrected chi connectivity index (χ4v) is 2.45. The quantitative estimate of drug-likeness (QED) is 0.700. The molecule has 1 aliphatic carbocycles. The zero-order valence-electron chi connectivity index (χ0n) is 8.98. The first-order chi connectivity index (χ1) is 7.02. The van der Waals surface area contributed by atoms with Crippen molar-refractivity contribution >= 4 is 0 Å². The molecule has 0 aromatic heterocycles. The van der Waals surface area contributed by atoms with Gasteiger partial charge in [-0.15, -0.1) is 0 Å². The van der Waals surface area contributed by atoms with E-state index in [9.17, 15) is 8.78 Å². The standard InChI is InChI=1S/C12H15F2N/c1-6-3-4-10(15)12-7(2)8(13)5-9(14)11(6)12/h5-6,10H,3-4,15H2,1-2H3/t6?,10-/m0/s1. The first-order valence-corrected chi connectivity index (χ1v) is 5.26. The normalized spacial score (nSPS) is 25.1.